The number of pyridine rings is 1. The average Bonchev–Trinajstić information content (AvgIpc) is 3.62. The van der Waals surface area contributed by atoms with Gasteiger partial charge in [0.1, 0.15) is 17.7 Å². The lowest BCUT2D eigenvalue weighted by Gasteiger charge is -2.20. The molecule has 1 amide bonds. The Balaban J connectivity index is 1.35. The summed E-state index contributed by atoms with van der Waals surface area (Å²) in [7, 11) is -4.06. The van der Waals surface area contributed by atoms with Gasteiger partial charge in [0, 0.05) is 25.2 Å². The van der Waals surface area contributed by atoms with Crippen molar-refractivity contribution in [3.05, 3.63) is 77.6 Å². The van der Waals surface area contributed by atoms with Crippen LogP contribution >= 0.6 is 0 Å². The quantitative estimate of drug-likeness (QED) is 0.355. The summed E-state index contributed by atoms with van der Waals surface area (Å²) < 4.78 is 80.6. The van der Waals surface area contributed by atoms with E-state index in [4.69, 9.17) is 0 Å². The second-order valence-corrected chi connectivity index (χ2v) is 11.8. The maximum absolute atomic E-state index is 13.3. The van der Waals surface area contributed by atoms with Gasteiger partial charge in [0.15, 0.2) is 0 Å². The zero-order chi connectivity index (χ0) is 28.5. The highest BCUT2D eigenvalue weighted by Crippen LogP contribution is 2.34. The molecule has 1 atom stereocenters. The summed E-state index contributed by atoms with van der Waals surface area (Å²) in [6, 6.07) is 11.6. The number of carbonyl (C=O) groups excluding carboxylic acids is 1. The topological polar surface area (TPSA) is 91.4 Å². The fourth-order valence-electron chi connectivity index (χ4n) is 4.70. The molecule has 1 saturated heterocycles. The number of hydrogen-bond acceptors (Lipinski definition) is 5. The van der Waals surface area contributed by atoms with Gasteiger partial charge in [0.05, 0.1) is 16.2 Å². The van der Waals surface area contributed by atoms with Gasteiger partial charge in [-0.05, 0) is 85.7 Å². The fourth-order valence-corrected chi connectivity index (χ4v) is 5.96. The minimum atomic E-state index is -4.45. The van der Waals surface area contributed by atoms with Crippen molar-refractivity contribution >= 4 is 21.7 Å². The standard InChI is InChI=1S/C28H28F4N4O3S/c29-22-9-11-23(12-10-22)40(38,39)35-26(20-3-4-20)27(37)33-17-18-15-24(34-25(16-18)36-13-1-2-14-36)19-5-7-21(8-6-19)28(30,31)32/h5-12,15-16,20,26,35H,1-4,13-14,17H2,(H,33,37). The van der Waals surface area contributed by atoms with Gasteiger partial charge < -0.3 is 10.2 Å². The monoisotopic (exact) mass is 576 g/mol. The third kappa shape index (κ3) is 6.61. The van der Waals surface area contributed by atoms with Crippen molar-refractivity contribution in [3.63, 3.8) is 0 Å². The molecular formula is C28H28F4N4O3S. The van der Waals surface area contributed by atoms with Crippen LogP contribution in [0.15, 0.2) is 65.6 Å². The first-order chi connectivity index (χ1) is 19.0. The Morgan fingerprint density at radius 3 is 2.25 bits per heavy atom. The number of halogens is 4. The number of aromatic nitrogens is 1. The zero-order valence-electron chi connectivity index (χ0n) is 21.4. The highest BCUT2D eigenvalue weighted by molar-refractivity contribution is 7.89. The van der Waals surface area contributed by atoms with Gasteiger partial charge in [-0.15, -0.1) is 0 Å². The second-order valence-electron chi connectivity index (χ2n) is 10.1. The van der Waals surface area contributed by atoms with E-state index in [2.05, 4.69) is 19.9 Å². The first kappa shape index (κ1) is 28.0. The molecular weight excluding hydrogens is 548 g/mol. The van der Waals surface area contributed by atoms with E-state index in [-0.39, 0.29) is 17.4 Å². The molecule has 0 radical (unpaired) electrons. The Morgan fingerprint density at radius 1 is 1.00 bits per heavy atom. The minimum Gasteiger partial charge on any atom is -0.357 e. The lowest BCUT2D eigenvalue weighted by molar-refractivity contribution is -0.137. The summed E-state index contributed by atoms with van der Waals surface area (Å²) >= 11 is 0. The van der Waals surface area contributed by atoms with E-state index in [9.17, 15) is 30.8 Å². The van der Waals surface area contributed by atoms with Crippen LogP contribution in [0.1, 0.15) is 36.8 Å². The van der Waals surface area contributed by atoms with Gasteiger partial charge in [0.2, 0.25) is 15.9 Å². The van der Waals surface area contributed by atoms with Crippen molar-refractivity contribution in [3.8, 4) is 11.3 Å². The predicted molar refractivity (Wildman–Crippen MR) is 141 cm³/mol. The number of amides is 1. The van der Waals surface area contributed by atoms with Crippen LogP contribution in [0, 0.1) is 11.7 Å². The number of anilines is 1. The summed E-state index contributed by atoms with van der Waals surface area (Å²) in [5.74, 6) is -0.564. The van der Waals surface area contributed by atoms with Crippen LogP contribution in [0.4, 0.5) is 23.4 Å². The van der Waals surface area contributed by atoms with Crippen molar-refractivity contribution < 1.29 is 30.8 Å². The smallest absolute Gasteiger partial charge is 0.357 e. The zero-order valence-corrected chi connectivity index (χ0v) is 22.2. The second kappa shape index (κ2) is 11.2. The normalized spacial score (nSPS) is 16.6. The summed E-state index contributed by atoms with van der Waals surface area (Å²) in [4.78, 5) is 19.8. The number of sulfonamides is 1. The molecule has 3 aromatic rings. The van der Waals surface area contributed by atoms with E-state index in [0.717, 1.165) is 62.3 Å². The lowest BCUT2D eigenvalue weighted by Crippen LogP contribution is -2.47. The highest BCUT2D eigenvalue weighted by atomic mass is 32.2. The van der Waals surface area contributed by atoms with Crippen LogP contribution in [-0.2, 0) is 27.5 Å². The summed E-state index contributed by atoms with van der Waals surface area (Å²) in [6.07, 6.45) is -1.08. The molecule has 12 heteroatoms. The molecule has 2 N–H and O–H groups in total. The molecule has 7 nitrogen and oxygen atoms in total. The molecule has 1 saturated carbocycles. The van der Waals surface area contributed by atoms with Gasteiger partial charge in [-0.2, -0.15) is 17.9 Å². The van der Waals surface area contributed by atoms with E-state index in [1.54, 1.807) is 6.07 Å². The molecule has 1 aromatic heterocycles. The van der Waals surface area contributed by atoms with Gasteiger partial charge in [-0.3, -0.25) is 4.79 Å². The van der Waals surface area contributed by atoms with E-state index < -0.39 is 39.5 Å². The van der Waals surface area contributed by atoms with Gasteiger partial charge >= 0.3 is 6.18 Å². The van der Waals surface area contributed by atoms with Crippen molar-refractivity contribution in [2.75, 3.05) is 18.0 Å². The molecule has 1 aliphatic carbocycles. The van der Waals surface area contributed by atoms with Gasteiger partial charge in [-0.1, -0.05) is 12.1 Å². The Morgan fingerprint density at radius 2 is 1.65 bits per heavy atom. The van der Waals surface area contributed by atoms with Gasteiger partial charge in [-0.25, -0.2) is 17.8 Å². The molecule has 0 spiro atoms. The third-order valence-electron chi connectivity index (χ3n) is 7.06. The molecule has 5 rings (SSSR count). The van der Waals surface area contributed by atoms with E-state index in [1.807, 2.05) is 6.07 Å². The maximum Gasteiger partial charge on any atom is 0.416 e. The van der Waals surface area contributed by atoms with E-state index in [0.29, 0.717) is 35.5 Å². The molecule has 212 valence electrons. The fraction of sp³-hybridized carbons (Fsp3) is 0.357. The minimum absolute atomic E-state index is 0.0668. The number of nitrogens with one attached hydrogen (secondary N) is 2. The SMILES string of the molecule is O=C(NCc1cc(-c2ccc(C(F)(F)F)cc2)nc(N2CCCC2)c1)C(NS(=O)(=O)c1ccc(F)cc1)C1CC1. The Kier molecular flexibility index (Phi) is 7.83. The van der Waals surface area contributed by atoms with Crippen molar-refractivity contribution in [1.29, 1.82) is 0 Å². The van der Waals surface area contributed by atoms with Crippen LogP contribution in [0.25, 0.3) is 11.3 Å². The summed E-state index contributed by atoms with van der Waals surface area (Å²) in [5.41, 5.74) is 0.896. The molecule has 0 bridgehead atoms. The van der Waals surface area contributed by atoms with Crippen LogP contribution in [0.3, 0.4) is 0 Å². The summed E-state index contributed by atoms with van der Waals surface area (Å²) in [6.45, 7) is 1.66. The Bertz CT molecular complexity index is 1470. The van der Waals surface area contributed by atoms with Gasteiger partial charge in [0.25, 0.3) is 0 Å². The average molecular weight is 577 g/mol. The van der Waals surface area contributed by atoms with E-state index >= 15 is 0 Å². The number of rotatable bonds is 9. The first-order valence-electron chi connectivity index (χ1n) is 13.0. The number of alkyl halides is 3. The number of benzene rings is 2. The van der Waals surface area contributed by atoms with Crippen molar-refractivity contribution in [2.45, 2.75) is 49.3 Å². The first-order valence-corrected chi connectivity index (χ1v) is 14.5. The molecule has 2 aromatic carbocycles. The Labute approximate surface area is 229 Å². The molecule has 1 unspecified atom stereocenters. The molecule has 2 heterocycles. The Hall–Kier alpha value is -3.51. The van der Waals surface area contributed by atoms with Crippen LogP contribution in [-0.4, -0.2) is 38.4 Å². The summed E-state index contributed by atoms with van der Waals surface area (Å²) in [5, 5.41) is 2.81. The molecule has 2 aliphatic rings. The van der Waals surface area contributed by atoms with Crippen LogP contribution in [0.5, 0.6) is 0 Å². The number of hydrogen-bond donors (Lipinski definition) is 2. The lowest BCUT2D eigenvalue weighted by atomic mass is 10.1. The maximum atomic E-state index is 13.3. The van der Waals surface area contributed by atoms with Crippen molar-refractivity contribution in [2.24, 2.45) is 5.92 Å². The number of nitrogens with zero attached hydrogens (tertiary/aromatic N) is 2. The largest absolute Gasteiger partial charge is 0.416 e. The third-order valence-corrected chi connectivity index (χ3v) is 8.52. The van der Waals surface area contributed by atoms with Crippen molar-refractivity contribution in [1.82, 2.24) is 15.0 Å². The number of carbonyl (C=O) groups is 1. The molecule has 2 fully saturated rings. The van der Waals surface area contributed by atoms with Crippen LogP contribution < -0.4 is 14.9 Å². The highest BCUT2D eigenvalue weighted by Gasteiger charge is 2.39. The van der Waals surface area contributed by atoms with E-state index in [1.165, 1.54) is 12.1 Å². The molecule has 40 heavy (non-hydrogen) atoms. The van der Waals surface area contributed by atoms with Crippen LogP contribution in [0.2, 0.25) is 0 Å². The molecule has 1 aliphatic heterocycles. The predicted octanol–water partition coefficient (Wildman–Crippen LogP) is 4.88.